The van der Waals surface area contributed by atoms with Crippen molar-refractivity contribution in [3.05, 3.63) is 65.2 Å². The predicted octanol–water partition coefficient (Wildman–Crippen LogP) is 3.48. The number of aryl methyl sites for hydroxylation is 2. The first kappa shape index (κ1) is 19.6. The van der Waals surface area contributed by atoms with E-state index in [-0.39, 0.29) is 24.1 Å². The Labute approximate surface area is 161 Å². The second-order valence-corrected chi connectivity index (χ2v) is 9.20. The van der Waals surface area contributed by atoms with Gasteiger partial charge >= 0.3 is 0 Å². The summed E-state index contributed by atoms with van der Waals surface area (Å²) in [6, 6.07) is 15.0. The first-order valence-electron chi connectivity index (χ1n) is 9.25. The summed E-state index contributed by atoms with van der Waals surface area (Å²) in [5.41, 5.74) is 3.80. The summed E-state index contributed by atoms with van der Waals surface area (Å²) < 4.78 is 27.0. The Kier molecular flexibility index (Phi) is 5.97. The molecule has 0 spiro atoms. The summed E-state index contributed by atoms with van der Waals surface area (Å²) in [6.07, 6.45) is 1.40. The number of carbonyl (C=O) groups is 1. The lowest BCUT2D eigenvalue weighted by Gasteiger charge is -2.31. The van der Waals surface area contributed by atoms with Crippen LogP contribution in [-0.4, -0.2) is 31.7 Å². The molecule has 1 atom stereocenters. The van der Waals surface area contributed by atoms with E-state index in [4.69, 9.17) is 0 Å². The van der Waals surface area contributed by atoms with Crippen LogP contribution in [0.5, 0.6) is 0 Å². The van der Waals surface area contributed by atoms with Crippen molar-refractivity contribution in [1.29, 1.82) is 0 Å². The van der Waals surface area contributed by atoms with Crippen LogP contribution in [0, 0.1) is 19.8 Å². The number of sulfonamides is 1. The number of hydrogen-bond donors (Lipinski definition) is 1. The third-order valence-electron chi connectivity index (χ3n) is 5.11. The van der Waals surface area contributed by atoms with Crippen molar-refractivity contribution in [2.45, 2.75) is 32.4 Å². The SMILES string of the molecule is Cc1ccc(NC(=O)[C@H]2CCCN(S(=O)(=O)Cc3ccccc3)C2)cc1C. The van der Waals surface area contributed by atoms with Gasteiger partial charge < -0.3 is 5.32 Å². The monoisotopic (exact) mass is 386 g/mol. The lowest BCUT2D eigenvalue weighted by atomic mass is 9.98. The molecular weight excluding hydrogens is 360 g/mol. The number of nitrogens with zero attached hydrogens (tertiary/aromatic N) is 1. The Morgan fingerprint density at radius 3 is 2.56 bits per heavy atom. The molecule has 0 aliphatic carbocycles. The van der Waals surface area contributed by atoms with Crippen LogP contribution < -0.4 is 5.32 Å². The molecular formula is C21H26N2O3S. The van der Waals surface area contributed by atoms with Gasteiger partial charge in [-0.1, -0.05) is 36.4 Å². The van der Waals surface area contributed by atoms with Gasteiger partial charge in [0.05, 0.1) is 11.7 Å². The Hall–Kier alpha value is -2.18. The van der Waals surface area contributed by atoms with Crippen molar-refractivity contribution in [2.24, 2.45) is 5.92 Å². The molecule has 0 saturated carbocycles. The van der Waals surface area contributed by atoms with Gasteiger partial charge in [0.2, 0.25) is 15.9 Å². The third kappa shape index (κ3) is 4.96. The fourth-order valence-electron chi connectivity index (χ4n) is 3.35. The summed E-state index contributed by atoms with van der Waals surface area (Å²) in [5, 5.41) is 2.94. The molecule has 5 nitrogen and oxygen atoms in total. The molecule has 2 aromatic carbocycles. The largest absolute Gasteiger partial charge is 0.326 e. The molecule has 1 saturated heterocycles. The molecule has 1 N–H and O–H groups in total. The molecule has 1 aliphatic rings. The zero-order valence-electron chi connectivity index (χ0n) is 15.8. The molecule has 6 heteroatoms. The van der Waals surface area contributed by atoms with Crippen molar-refractivity contribution < 1.29 is 13.2 Å². The van der Waals surface area contributed by atoms with E-state index >= 15 is 0 Å². The average Bonchev–Trinajstić information content (AvgIpc) is 2.65. The number of nitrogens with one attached hydrogen (secondary N) is 1. The standard InChI is InChI=1S/C21H26N2O3S/c1-16-10-11-20(13-17(16)2)22-21(24)19-9-6-12-23(14-19)27(25,26)15-18-7-4-3-5-8-18/h3-5,7-8,10-11,13,19H,6,9,12,14-15H2,1-2H3,(H,22,24)/t19-/m0/s1. The van der Waals surface area contributed by atoms with Crippen molar-refractivity contribution in [1.82, 2.24) is 4.31 Å². The summed E-state index contributed by atoms with van der Waals surface area (Å²) >= 11 is 0. The van der Waals surface area contributed by atoms with Gasteiger partial charge in [0, 0.05) is 18.8 Å². The van der Waals surface area contributed by atoms with Crippen molar-refractivity contribution in [3.8, 4) is 0 Å². The quantitative estimate of drug-likeness (QED) is 0.855. The van der Waals surface area contributed by atoms with E-state index in [9.17, 15) is 13.2 Å². The van der Waals surface area contributed by atoms with Crippen LogP contribution in [-0.2, 0) is 20.6 Å². The molecule has 1 heterocycles. The number of rotatable bonds is 5. The van der Waals surface area contributed by atoms with E-state index in [0.717, 1.165) is 16.8 Å². The van der Waals surface area contributed by atoms with E-state index in [1.807, 2.05) is 62.4 Å². The molecule has 1 fully saturated rings. The van der Waals surface area contributed by atoms with Crippen molar-refractivity contribution >= 4 is 21.6 Å². The number of anilines is 1. The maximum Gasteiger partial charge on any atom is 0.228 e. The molecule has 0 unspecified atom stereocenters. The number of benzene rings is 2. The summed E-state index contributed by atoms with van der Waals surface area (Å²) in [5.74, 6) is -0.469. The van der Waals surface area contributed by atoms with Gasteiger partial charge in [-0.15, -0.1) is 0 Å². The maximum absolute atomic E-state index is 12.8. The van der Waals surface area contributed by atoms with E-state index < -0.39 is 10.0 Å². The lowest BCUT2D eigenvalue weighted by molar-refractivity contribution is -0.120. The highest BCUT2D eigenvalue weighted by Gasteiger charge is 2.32. The number of hydrogen-bond acceptors (Lipinski definition) is 3. The van der Waals surface area contributed by atoms with Crippen LogP contribution in [0.4, 0.5) is 5.69 Å². The smallest absolute Gasteiger partial charge is 0.228 e. The number of carbonyl (C=O) groups excluding carboxylic acids is 1. The summed E-state index contributed by atoms with van der Waals surface area (Å²) in [7, 11) is -3.43. The maximum atomic E-state index is 12.8. The topological polar surface area (TPSA) is 66.5 Å². The number of piperidine rings is 1. The molecule has 1 aliphatic heterocycles. The number of amides is 1. The Morgan fingerprint density at radius 1 is 1.11 bits per heavy atom. The molecule has 0 radical (unpaired) electrons. The van der Waals surface area contributed by atoms with Gasteiger partial charge in [-0.3, -0.25) is 4.79 Å². The Bertz CT molecular complexity index is 910. The van der Waals surface area contributed by atoms with Crippen molar-refractivity contribution in [2.75, 3.05) is 18.4 Å². The first-order chi connectivity index (χ1) is 12.8. The van der Waals surface area contributed by atoms with Gasteiger partial charge in [-0.25, -0.2) is 12.7 Å². The predicted molar refractivity (Wildman–Crippen MR) is 108 cm³/mol. The van der Waals surface area contributed by atoms with E-state index in [1.165, 1.54) is 9.87 Å². The third-order valence-corrected chi connectivity index (χ3v) is 6.93. The molecule has 0 aromatic heterocycles. The summed E-state index contributed by atoms with van der Waals surface area (Å²) in [4.78, 5) is 12.7. The minimum Gasteiger partial charge on any atom is -0.326 e. The minimum absolute atomic E-state index is 0.0284. The van der Waals surface area contributed by atoms with E-state index in [1.54, 1.807) is 0 Å². The Balaban J connectivity index is 1.66. The fourth-order valence-corrected chi connectivity index (χ4v) is 4.96. The summed E-state index contributed by atoms with van der Waals surface area (Å²) in [6.45, 7) is 4.75. The van der Waals surface area contributed by atoms with Crippen LogP contribution in [0.15, 0.2) is 48.5 Å². The van der Waals surface area contributed by atoms with Crippen LogP contribution >= 0.6 is 0 Å². The van der Waals surface area contributed by atoms with Crippen molar-refractivity contribution in [3.63, 3.8) is 0 Å². The zero-order valence-corrected chi connectivity index (χ0v) is 16.6. The molecule has 3 rings (SSSR count). The highest BCUT2D eigenvalue weighted by atomic mass is 32.2. The minimum atomic E-state index is -3.43. The molecule has 1 amide bonds. The van der Waals surface area contributed by atoms with E-state index in [0.29, 0.717) is 19.4 Å². The normalized spacial score (nSPS) is 18.2. The van der Waals surface area contributed by atoms with Gasteiger partial charge in [0.15, 0.2) is 0 Å². The molecule has 144 valence electrons. The van der Waals surface area contributed by atoms with Crippen LogP contribution in [0.3, 0.4) is 0 Å². The average molecular weight is 387 g/mol. The molecule has 0 bridgehead atoms. The second-order valence-electron chi connectivity index (χ2n) is 7.23. The van der Waals surface area contributed by atoms with Crippen LogP contribution in [0.2, 0.25) is 0 Å². The van der Waals surface area contributed by atoms with Crippen LogP contribution in [0.25, 0.3) is 0 Å². The fraction of sp³-hybridized carbons (Fsp3) is 0.381. The van der Waals surface area contributed by atoms with Gasteiger partial charge in [0.25, 0.3) is 0 Å². The van der Waals surface area contributed by atoms with Gasteiger partial charge in [-0.2, -0.15) is 0 Å². The second kappa shape index (κ2) is 8.23. The first-order valence-corrected chi connectivity index (χ1v) is 10.9. The zero-order chi connectivity index (χ0) is 19.4. The van der Waals surface area contributed by atoms with Crippen LogP contribution in [0.1, 0.15) is 29.5 Å². The molecule has 27 heavy (non-hydrogen) atoms. The molecule has 2 aromatic rings. The Morgan fingerprint density at radius 2 is 1.85 bits per heavy atom. The van der Waals surface area contributed by atoms with Gasteiger partial charge in [-0.05, 0) is 55.5 Å². The van der Waals surface area contributed by atoms with Gasteiger partial charge in [0.1, 0.15) is 0 Å². The highest BCUT2D eigenvalue weighted by Crippen LogP contribution is 2.23. The van der Waals surface area contributed by atoms with E-state index in [2.05, 4.69) is 5.32 Å². The highest BCUT2D eigenvalue weighted by molar-refractivity contribution is 7.88. The lowest BCUT2D eigenvalue weighted by Crippen LogP contribution is -2.44.